The normalized spacial score (nSPS) is 11.7. The molecule has 0 radical (unpaired) electrons. The highest BCUT2D eigenvalue weighted by atomic mass is 19.1. The summed E-state index contributed by atoms with van der Waals surface area (Å²) in [6, 6.07) is 8.79. The topological polar surface area (TPSA) is 116 Å². The summed E-state index contributed by atoms with van der Waals surface area (Å²) >= 11 is 0. The van der Waals surface area contributed by atoms with Crippen LogP contribution >= 0.6 is 0 Å². The summed E-state index contributed by atoms with van der Waals surface area (Å²) in [6.07, 6.45) is 5.22. The smallest absolute Gasteiger partial charge is 0.161 e. The molecule has 10 nitrogen and oxygen atoms in total. The molecule has 1 aromatic carbocycles. The first-order chi connectivity index (χ1) is 18.4. The van der Waals surface area contributed by atoms with Crippen LogP contribution < -0.4 is 5.32 Å². The largest absolute Gasteiger partial charge is 0.384 e. The average Bonchev–Trinajstić information content (AvgIpc) is 3.59. The van der Waals surface area contributed by atoms with Crippen molar-refractivity contribution in [1.82, 2.24) is 44.6 Å². The molecule has 0 unspecified atom stereocenters. The van der Waals surface area contributed by atoms with Gasteiger partial charge in [0.1, 0.15) is 17.2 Å². The summed E-state index contributed by atoms with van der Waals surface area (Å²) in [5.41, 5.74) is 7.28. The van der Waals surface area contributed by atoms with E-state index in [0.29, 0.717) is 40.3 Å². The van der Waals surface area contributed by atoms with Crippen LogP contribution in [0, 0.1) is 12.7 Å². The molecule has 5 heterocycles. The van der Waals surface area contributed by atoms with Crippen LogP contribution in [0.2, 0.25) is 0 Å². The molecule has 0 amide bonds. The van der Waals surface area contributed by atoms with Crippen molar-refractivity contribution in [2.45, 2.75) is 6.92 Å². The van der Waals surface area contributed by atoms with Crippen molar-refractivity contribution >= 4 is 27.8 Å². The van der Waals surface area contributed by atoms with Gasteiger partial charge in [-0.3, -0.25) is 10.1 Å². The van der Waals surface area contributed by atoms with Crippen LogP contribution in [0.4, 0.5) is 10.1 Å². The van der Waals surface area contributed by atoms with Crippen LogP contribution in [-0.2, 0) is 7.05 Å². The molecule has 6 aromatic rings. The Hall–Kier alpha value is -4.64. The van der Waals surface area contributed by atoms with Crippen LogP contribution in [0.15, 0.2) is 48.9 Å². The minimum Gasteiger partial charge on any atom is -0.384 e. The van der Waals surface area contributed by atoms with E-state index in [1.54, 1.807) is 12.4 Å². The van der Waals surface area contributed by atoms with Crippen LogP contribution in [0.1, 0.15) is 5.82 Å². The quantitative estimate of drug-likeness (QED) is 0.292. The Bertz CT molecular complexity index is 1780. The van der Waals surface area contributed by atoms with Gasteiger partial charge in [0.05, 0.1) is 40.3 Å². The van der Waals surface area contributed by atoms with E-state index in [1.165, 1.54) is 12.1 Å². The molecule has 11 heteroatoms. The van der Waals surface area contributed by atoms with E-state index in [2.05, 4.69) is 35.4 Å². The molecule has 0 aliphatic carbocycles. The highest BCUT2D eigenvalue weighted by Crippen LogP contribution is 2.32. The number of H-pyrrole nitrogens is 2. The van der Waals surface area contributed by atoms with Gasteiger partial charge in [0.15, 0.2) is 11.5 Å². The minimum absolute atomic E-state index is 0.331. The molecule has 0 aliphatic heterocycles. The van der Waals surface area contributed by atoms with Gasteiger partial charge in [-0.05, 0) is 56.9 Å². The van der Waals surface area contributed by atoms with E-state index in [-0.39, 0.29) is 5.82 Å². The second kappa shape index (κ2) is 9.34. The Morgan fingerprint density at radius 2 is 1.89 bits per heavy atom. The summed E-state index contributed by atoms with van der Waals surface area (Å²) in [5.74, 6) is 1.12. The monoisotopic (exact) mass is 510 g/mol. The van der Waals surface area contributed by atoms with Crippen molar-refractivity contribution in [2.75, 3.05) is 32.5 Å². The van der Waals surface area contributed by atoms with Crippen molar-refractivity contribution < 1.29 is 4.39 Å². The molecule has 6 rings (SSSR count). The molecule has 38 heavy (non-hydrogen) atoms. The number of aromatic amines is 2. The first-order valence-electron chi connectivity index (χ1n) is 12.2. The molecule has 192 valence electrons. The van der Waals surface area contributed by atoms with E-state index in [4.69, 9.17) is 9.97 Å². The van der Waals surface area contributed by atoms with Gasteiger partial charge in [0, 0.05) is 37.6 Å². The number of pyridine rings is 2. The average molecular weight is 511 g/mol. The lowest BCUT2D eigenvalue weighted by Gasteiger charge is -2.12. The number of halogens is 1. The fourth-order valence-electron chi connectivity index (χ4n) is 4.47. The summed E-state index contributed by atoms with van der Waals surface area (Å²) in [7, 11) is 5.96. The third kappa shape index (κ3) is 4.26. The van der Waals surface area contributed by atoms with Crippen LogP contribution in [0.3, 0.4) is 0 Å². The van der Waals surface area contributed by atoms with Gasteiger partial charge in [-0.15, -0.1) is 0 Å². The van der Waals surface area contributed by atoms with Crippen LogP contribution in [-0.4, -0.2) is 71.8 Å². The predicted octanol–water partition coefficient (Wildman–Crippen LogP) is 4.38. The number of likely N-dealkylation sites (N-methyl/N-ethyl adjacent to an activating group) is 1. The van der Waals surface area contributed by atoms with Gasteiger partial charge in [-0.25, -0.2) is 19.3 Å². The van der Waals surface area contributed by atoms with Crippen LogP contribution in [0.25, 0.3) is 56.1 Å². The summed E-state index contributed by atoms with van der Waals surface area (Å²) in [6.45, 7) is 3.48. The standard InChI is InChI=1S/C27H27FN10/c1-15-31-14-23(38(15)4)20-5-6-21-25(32-20)26(36-35-21)27-33-22-13-29-12-19(24(22)34-27)16-9-17(28)11-18(10-16)30-7-8-37(2)3/h5-6,9-14,30H,7-8H2,1-4H3,(H,33,34)(H,35,36). The van der Waals surface area contributed by atoms with Crippen LogP contribution in [0.5, 0.6) is 0 Å². The molecular weight excluding hydrogens is 483 g/mol. The van der Waals surface area contributed by atoms with E-state index in [1.807, 2.05) is 57.0 Å². The molecular formula is C27H27FN10. The molecule has 0 saturated heterocycles. The highest BCUT2D eigenvalue weighted by Gasteiger charge is 2.18. The van der Waals surface area contributed by atoms with Crippen molar-refractivity contribution in [3.63, 3.8) is 0 Å². The van der Waals surface area contributed by atoms with Gasteiger partial charge < -0.3 is 19.8 Å². The van der Waals surface area contributed by atoms with E-state index < -0.39 is 0 Å². The van der Waals surface area contributed by atoms with Gasteiger partial charge in [-0.2, -0.15) is 5.10 Å². The molecule has 0 saturated carbocycles. The number of nitrogens with one attached hydrogen (secondary N) is 3. The van der Waals surface area contributed by atoms with Gasteiger partial charge >= 0.3 is 0 Å². The minimum atomic E-state index is -0.331. The first-order valence-corrected chi connectivity index (χ1v) is 12.2. The zero-order chi connectivity index (χ0) is 26.4. The number of aromatic nitrogens is 8. The van der Waals surface area contributed by atoms with Gasteiger partial charge in [0.2, 0.25) is 0 Å². The van der Waals surface area contributed by atoms with Crippen molar-refractivity contribution in [3.05, 3.63) is 60.6 Å². The Balaban J connectivity index is 1.41. The molecule has 3 N–H and O–H groups in total. The number of hydrogen-bond donors (Lipinski definition) is 3. The zero-order valence-electron chi connectivity index (χ0n) is 21.5. The van der Waals surface area contributed by atoms with Gasteiger partial charge in [-0.1, -0.05) is 0 Å². The second-order valence-corrected chi connectivity index (χ2v) is 9.54. The first kappa shape index (κ1) is 23.7. The number of imidazole rings is 2. The molecule has 0 bridgehead atoms. The zero-order valence-corrected chi connectivity index (χ0v) is 21.5. The Labute approximate surface area is 218 Å². The number of rotatable bonds is 7. The lowest BCUT2D eigenvalue weighted by Crippen LogP contribution is -2.20. The Morgan fingerprint density at radius 1 is 1.03 bits per heavy atom. The highest BCUT2D eigenvalue weighted by molar-refractivity contribution is 5.96. The molecule has 5 aromatic heterocycles. The van der Waals surface area contributed by atoms with Crippen molar-refractivity contribution in [3.8, 4) is 34.0 Å². The number of benzene rings is 1. The van der Waals surface area contributed by atoms with E-state index in [0.717, 1.165) is 40.4 Å². The number of hydrogen-bond acceptors (Lipinski definition) is 7. The summed E-state index contributed by atoms with van der Waals surface area (Å²) in [5, 5.41) is 10.8. The number of aryl methyl sites for hydroxylation is 1. The van der Waals surface area contributed by atoms with E-state index in [9.17, 15) is 4.39 Å². The van der Waals surface area contributed by atoms with E-state index >= 15 is 0 Å². The molecule has 0 spiro atoms. The lowest BCUT2D eigenvalue weighted by molar-refractivity contribution is 0.425. The van der Waals surface area contributed by atoms with Gasteiger partial charge in [0.25, 0.3) is 0 Å². The maximum atomic E-state index is 14.6. The fourth-order valence-corrected chi connectivity index (χ4v) is 4.47. The Morgan fingerprint density at radius 3 is 2.68 bits per heavy atom. The SMILES string of the molecule is Cc1ncc(-c2ccc3[nH]nc(-c4nc5c(-c6cc(F)cc(NCCN(C)C)c6)cncc5[nH]4)c3n2)n1C. The lowest BCUT2D eigenvalue weighted by atomic mass is 10.1. The van der Waals surface area contributed by atoms with Crippen molar-refractivity contribution in [2.24, 2.45) is 7.05 Å². The molecule has 0 fully saturated rings. The number of fused-ring (bicyclic) bond motifs is 2. The maximum absolute atomic E-state index is 14.6. The van der Waals surface area contributed by atoms with Crippen molar-refractivity contribution in [1.29, 1.82) is 0 Å². The second-order valence-electron chi connectivity index (χ2n) is 9.54. The maximum Gasteiger partial charge on any atom is 0.161 e. The number of anilines is 1. The summed E-state index contributed by atoms with van der Waals surface area (Å²) in [4.78, 5) is 23.9. The molecule has 0 atom stereocenters. The third-order valence-corrected chi connectivity index (χ3v) is 6.61. The third-order valence-electron chi connectivity index (χ3n) is 6.61. The Kier molecular flexibility index (Phi) is 5.84. The molecule has 0 aliphatic rings. The summed E-state index contributed by atoms with van der Waals surface area (Å²) < 4.78 is 16.6. The predicted molar refractivity (Wildman–Crippen MR) is 146 cm³/mol. The number of nitrogens with zero attached hydrogens (tertiary/aromatic N) is 7. The fraction of sp³-hybridized carbons (Fsp3) is 0.222.